The van der Waals surface area contributed by atoms with Gasteiger partial charge in [-0.05, 0) is 50.2 Å². The quantitative estimate of drug-likeness (QED) is 0.890. The number of aliphatic hydroxyl groups excluding tert-OH is 1. The maximum atomic E-state index is 13.7. The summed E-state index contributed by atoms with van der Waals surface area (Å²) < 4.78 is 13.7. The summed E-state index contributed by atoms with van der Waals surface area (Å²) in [7, 11) is 0. The Balaban J connectivity index is 1.91. The zero-order valence-electron chi connectivity index (χ0n) is 11.8. The first kappa shape index (κ1) is 15.0. The highest BCUT2D eigenvalue weighted by Gasteiger charge is 2.25. The summed E-state index contributed by atoms with van der Waals surface area (Å²) in [5.74, 6) is -0.569. The molecule has 0 aliphatic heterocycles. The molecule has 20 heavy (non-hydrogen) atoms. The van der Waals surface area contributed by atoms with E-state index in [2.05, 4.69) is 5.32 Å². The van der Waals surface area contributed by atoms with E-state index in [0.29, 0.717) is 11.5 Å². The highest BCUT2D eigenvalue weighted by molar-refractivity contribution is 5.83. The summed E-state index contributed by atoms with van der Waals surface area (Å²) >= 11 is 0. The summed E-state index contributed by atoms with van der Waals surface area (Å²) in [6.07, 6.45) is 3.66. The van der Waals surface area contributed by atoms with Crippen molar-refractivity contribution in [2.45, 2.75) is 44.6 Å². The molecule has 2 rings (SSSR count). The van der Waals surface area contributed by atoms with Crippen molar-refractivity contribution in [3.05, 3.63) is 35.6 Å². The van der Waals surface area contributed by atoms with Crippen LogP contribution in [0, 0.1) is 11.7 Å². The Morgan fingerprint density at radius 2 is 2.00 bits per heavy atom. The van der Waals surface area contributed by atoms with Gasteiger partial charge < -0.3 is 10.4 Å². The van der Waals surface area contributed by atoms with E-state index in [1.807, 2.05) is 0 Å². The highest BCUT2D eigenvalue weighted by Crippen LogP contribution is 2.25. The van der Waals surface area contributed by atoms with Crippen LogP contribution in [0.2, 0.25) is 0 Å². The van der Waals surface area contributed by atoms with E-state index in [0.717, 1.165) is 25.7 Å². The van der Waals surface area contributed by atoms with E-state index < -0.39 is 5.92 Å². The van der Waals surface area contributed by atoms with Crippen molar-refractivity contribution < 1.29 is 14.3 Å². The first-order valence-electron chi connectivity index (χ1n) is 7.27. The number of aliphatic hydroxyl groups is 1. The van der Waals surface area contributed by atoms with Gasteiger partial charge in [0.05, 0.1) is 5.92 Å². The van der Waals surface area contributed by atoms with Gasteiger partial charge in [-0.1, -0.05) is 18.2 Å². The molecule has 1 unspecified atom stereocenters. The topological polar surface area (TPSA) is 49.3 Å². The van der Waals surface area contributed by atoms with Gasteiger partial charge in [-0.15, -0.1) is 0 Å². The predicted octanol–water partition coefficient (Wildman–Crippen LogP) is 2.60. The van der Waals surface area contributed by atoms with Crippen LogP contribution in [0.1, 0.15) is 44.1 Å². The summed E-state index contributed by atoms with van der Waals surface area (Å²) in [6.45, 7) is 1.96. The Bertz CT molecular complexity index is 456. The van der Waals surface area contributed by atoms with Crippen LogP contribution in [0.25, 0.3) is 0 Å². The standard InChI is InChI=1S/C16H22FNO2/c1-11(14-4-2-3-5-15(14)17)16(20)18-13-8-6-12(10-19)7-9-13/h2-5,11-13,19H,6-10H2,1H3,(H,18,20). The molecule has 0 bridgehead atoms. The fraction of sp³-hybridized carbons (Fsp3) is 0.562. The fourth-order valence-corrected chi connectivity index (χ4v) is 2.78. The Morgan fingerprint density at radius 3 is 2.60 bits per heavy atom. The van der Waals surface area contributed by atoms with E-state index >= 15 is 0 Å². The molecule has 1 amide bonds. The number of carbonyl (C=O) groups excluding carboxylic acids is 1. The second-order valence-corrected chi connectivity index (χ2v) is 5.65. The van der Waals surface area contributed by atoms with Gasteiger partial charge in [0.2, 0.25) is 5.91 Å². The molecular weight excluding hydrogens is 257 g/mol. The van der Waals surface area contributed by atoms with E-state index in [4.69, 9.17) is 5.11 Å². The van der Waals surface area contributed by atoms with Gasteiger partial charge in [-0.2, -0.15) is 0 Å². The summed E-state index contributed by atoms with van der Waals surface area (Å²) in [4.78, 5) is 12.2. The van der Waals surface area contributed by atoms with Crippen LogP contribution >= 0.6 is 0 Å². The van der Waals surface area contributed by atoms with Crippen LogP contribution < -0.4 is 5.32 Å². The van der Waals surface area contributed by atoms with Crippen LogP contribution in [-0.4, -0.2) is 23.7 Å². The molecule has 2 N–H and O–H groups in total. The molecule has 1 aliphatic rings. The molecule has 0 spiro atoms. The van der Waals surface area contributed by atoms with Crippen molar-refractivity contribution in [1.29, 1.82) is 0 Å². The SMILES string of the molecule is CC(C(=O)NC1CCC(CO)CC1)c1ccccc1F. The van der Waals surface area contributed by atoms with Crippen LogP contribution in [0.3, 0.4) is 0 Å². The number of amides is 1. The largest absolute Gasteiger partial charge is 0.396 e. The van der Waals surface area contributed by atoms with Gasteiger partial charge in [0.15, 0.2) is 0 Å². The maximum absolute atomic E-state index is 13.7. The number of carbonyl (C=O) groups is 1. The Hall–Kier alpha value is -1.42. The maximum Gasteiger partial charge on any atom is 0.227 e. The molecule has 110 valence electrons. The van der Waals surface area contributed by atoms with Gasteiger partial charge in [0, 0.05) is 12.6 Å². The Morgan fingerprint density at radius 1 is 1.35 bits per heavy atom. The third-order valence-electron chi connectivity index (χ3n) is 4.22. The molecule has 1 aromatic carbocycles. The van der Waals surface area contributed by atoms with Crippen molar-refractivity contribution in [2.24, 2.45) is 5.92 Å². The minimum Gasteiger partial charge on any atom is -0.396 e. The normalized spacial score (nSPS) is 24.1. The van der Waals surface area contributed by atoms with Gasteiger partial charge in [0.1, 0.15) is 5.82 Å². The molecule has 4 heteroatoms. The Kier molecular flexibility index (Phi) is 5.12. The smallest absolute Gasteiger partial charge is 0.227 e. The van der Waals surface area contributed by atoms with Crippen molar-refractivity contribution in [3.8, 4) is 0 Å². The zero-order chi connectivity index (χ0) is 14.5. The lowest BCUT2D eigenvalue weighted by Crippen LogP contribution is -2.40. The second-order valence-electron chi connectivity index (χ2n) is 5.65. The number of hydrogen-bond donors (Lipinski definition) is 2. The van der Waals surface area contributed by atoms with Crippen LogP contribution in [-0.2, 0) is 4.79 Å². The van der Waals surface area contributed by atoms with Gasteiger partial charge in [-0.25, -0.2) is 4.39 Å². The molecule has 0 radical (unpaired) electrons. The third-order valence-corrected chi connectivity index (χ3v) is 4.22. The van der Waals surface area contributed by atoms with E-state index in [-0.39, 0.29) is 24.4 Å². The average Bonchev–Trinajstić information content (AvgIpc) is 2.48. The van der Waals surface area contributed by atoms with E-state index in [9.17, 15) is 9.18 Å². The number of rotatable bonds is 4. The molecule has 0 saturated heterocycles. The first-order chi connectivity index (χ1) is 9.61. The summed E-state index contributed by atoms with van der Waals surface area (Å²) in [5.41, 5.74) is 0.439. The molecule has 0 heterocycles. The molecular formula is C16H22FNO2. The fourth-order valence-electron chi connectivity index (χ4n) is 2.78. The number of halogens is 1. The molecule has 3 nitrogen and oxygen atoms in total. The second kappa shape index (κ2) is 6.84. The molecule has 1 atom stereocenters. The van der Waals surface area contributed by atoms with Gasteiger partial charge in [-0.3, -0.25) is 4.79 Å². The lowest BCUT2D eigenvalue weighted by molar-refractivity contribution is -0.123. The summed E-state index contributed by atoms with van der Waals surface area (Å²) in [5, 5.41) is 12.1. The average molecular weight is 279 g/mol. The van der Waals surface area contributed by atoms with Crippen molar-refractivity contribution >= 4 is 5.91 Å². The van der Waals surface area contributed by atoms with Crippen LogP contribution in [0.4, 0.5) is 4.39 Å². The van der Waals surface area contributed by atoms with Crippen molar-refractivity contribution in [3.63, 3.8) is 0 Å². The Labute approximate surface area is 119 Å². The first-order valence-corrected chi connectivity index (χ1v) is 7.27. The molecule has 0 aromatic heterocycles. The van der Waals surface area contributed by atoms with Crippen LogP contribution in [0.5, 0.6) is 0 Å². The summed E-state index contributed by atoms with van der Waals surface area (Å²) in [6, 6.07) is 6.56. The third kappa shape index (κ3) is 3.57. The zero-order valence-corrected chi connectivity index (χ0v) is 11.8. The number of hydrogen-bond acceptors (Lipinski definition) is 2. The number of benzene rings is 1. The van der Waals surface area contributed by atoms with Crippen molar-refractivity contribution in [1.82, 2.24) is 5.32 Å². The molecule has 1 fully saturated rings. The minimum absolute atomic E-state index is 0.123. The molecule has 1 saturated carbocycles. The highest BCUT2D eigenvalue weighted by atomic mass is 19.1. The van der Waals surface area contributed by atoms with E-state index in [1.54, 1.807) is 25.1 Å². The van der Waals surface area contributed by atoms with Gasteiger partial charge >= 0.3 is 0 Å². The predicted molar refractivity (Wildman–Crippen MR) is 75.8 cm³/mol. The van der Waals surface area contributed by atoms with Crippen LogP contribution in [0.15, 0.2) is 24.3 Å². The lowest BCUT2D eigenvalue weighted by atomic mass is 9.86. The minimum atomic E-state index is -0.480. The van der Waals surface area contributed by atoms with Crippen molar-refractivity contribution in [2.75, 3.05) is 6.61 Å². The van der Waals surface area contributed by atoms with E-state index in [1.165, 1.54) is 6.07 Å². The monoisotopic (exact) mass is 279 g/mol. The molecule has 1 aliphatic carbocycles. The lowest BCUT2D eigenvalue weighted by Gasteiger charge is -2.29. The molecule has 1 aromatic rings. The van der Waals surface area contributed by atoms with Gasteiger partial charge in [0.25, 0.3) is 0 Å². The number of nitrogens with one attached hydrogen (secondary N) is 1.